The summed E-state index contributed by atoms with van der Waals surface area (Å²) in [6.45, 7) is 26.1. The number of nitrogens with zero attached hydrogens (tertiary/aromatic N) is 18. The molecule has 0 bridgehead atoms. The molecule has 42 nitrogen and oxygen atoms in total. The smallest absolute Gasteiger partial charge is 0.411 e. The molecular formula is C102H122F5N19O23. The molecule has 0 aromatic carbocycles. The average molecular weight is 2080 g/mol. The van der Waals surface area contributed by atoms with Crippen molar-refractivity contribution in [3.8, 4) is 70.1 Å². The van der Waals surface area contributed by atoms with Gasteiger partial charge in [-0.3, -0.25) is 44.4 Å². The quantitative estimate of drug-likeness (QED) is 0.0367. The Kier molecular flexibility index (Phi) is 40.2. The van der Waals surface area contributed by atoms with Crippen molar-refractivity contribution in [2.45, 2.75) is 262 Å². The van der Waals surface area contributed by atoms with Crippen molar-refractivity contribution in [2.24, 2.45) is 0 Å². The SMILES string of the molecule is CC(C)(C)OC(=O)N1C[C@@H](O)C[C@@H]1C(=O)O.CC(C)(C)OC(=O)N1C[C@H](F)C[C@@H]1C(=O)O.CC(C)(C)OC(=O)N1C[C@H](F)C[C@@H]1c1nc(-c2ccc(C#Cc3ccccn3)cn2)no1.CN1C[C@H](F)C[C@@H]1c1nc(-c2ccc(C#Cc3ccccn3)cn2)no1.COC(=O)[C@H]1C[C@@H](F)CN1C(=O)OC(C)(C)C.COC(=O)[C@H]1C[C@H](O)CN1C(=O)OC(C)(C)C.F[C@H]1CN[C@@H](c2nc(-c3ccc(C#Cc4ccccn4)cn3)no2)C1. The molecule has 798 valence electrons. The molecule has 7 saturated heterocycles. The first-order valence-electron chi connectivity index (χ1n) is 47.4. The van der Waals surface area contributed by atoms with Gasteiger partial charge in [0.2, 0.25) is 35.1 Å². The molecule has 0 spiro atoms. The molecule has 0 unspecified atom stereocenters. The van der Waals surface area contributed by atoms with Crippen molar-refractivity contribution >= 4 is 54.3 Å². The largest absolute Gasteiger partial charge is 0.480 e. The maximum absolute atomic E-state index is 14.1. The van der Waals surface area contributed by atoms with Crippen LogP contribution >= 0.6 is 0 Å². The van der Waals surface area contributed by atoms with Crippen LogP contribution < -0.4 is 5.32 Å². The summed E-state index contributed by atoms with van der Waals surface area (Å²) in [5.74, 6) is 16.4. The number of hydrogen-bond donors (Lipinski definition) is 5. The molecule has 0 saturated carbocycles. The first kappa shape index (κ1) is 116. The molecule has 9 aromatic heterocycles. The zero-order chi connectivity index (χ0) is 109. The molecule has 0 aliphatic carbocycles. The predicted octanol–water partition coefficient (Wildman–Crippen LogP) is 12.8. The van der Waals surface area contributed by atoms with Crippen molar-refractivity contribution in [1.29, 1.82) is 0 Å². The van der Waals surface area contributed by atoms with Crippen LogP contribution in [-0.2, 0) is 52.3 Å². The van der Waals surface area contributed by atoms with Gasteiger partial charge in [0.05, 0.1) is 71.2 Å². The van der Waals surface area contributed by atoms with Crippen molar-refractivity contribution in [2.75, 3.05) is 67.1 Å². The number of aromatic nitrogens is 12. The number of carbonyl (C=O) groups is 9. The second-order valence-electron chi connectivity index (χ2n) is 39.9. The van der Waals surface area contributed by atoms with E-state index < -0.39 is 156 Å². The molecule has 0 radical (unpaired) electrons. The standard InChI is InChI=1S/C23H22FN5O3.C19H16FN5O.C18H14FN5O.C11H18FNO4.C11H19NO5.C10H16FNO4.C10H17NO5/c1-23(2,3)31-22(30)29-14-16(24)12-19(29)21-27-20(28-32-21)18-10-8-15(13-26-18)7-9-17-6-4-5-11-25-17;1-25-12-14(20)10-17(25)19-23-18(24-26-19)16-8-6-13(11-22-16)5-7-15-4-2-3-9-21-15;19-13-9-16(22-11-13)18-23-17(24-25-18)15-7-5-12(10-21-15)4-6-14-3-1-2-8-20-14;1-11(2,3)17-10(15)13-6-7(12)5-8(13)9(14)16-4;1-11(2,3)17-10(15)12-6-7(13)5-8(12)9(14)16-4;1-10(2,3)16-9(15)12-5-6(11)4-7(12)8(13)14;1-10(2,3)16-9(15)11-5-6(12)4-7(11)8(13)14/h4-6,8,10-11,13,16,19H,12,14H2,1-3H3;2-4,6,8-9,11,14,17H,10,12H2,1H3;1-3,5,7-8,10,13,16,22H,9,11H2;7-8H,5-6H2,1-4H3;7-8,13H,5-6H2,1-4H3;6-7H,4-5H2,1-3H3,(H,13,14);6-7,12H,4-5H2,1-3H3,(H,13,14)/t16-,19-;14-,17-;13-,16-;7-,8-;7-,8+;6-,7-;6-,7+/m1111010/s1. The Morgan fingerprint density at radius 1 is 0.362 bits per heavy atom. The molecule has 5 amide bonds. The number of hydrogen-bond acceptors (Lipinski definition) is 35. The molecule has 5 N–H and O–H groups in total. The van der Waals surface area contributed by atoms with Crippen LogP contribution in [0.25, 0.3) is 34.6 Å². The predicted molar refractivity (Wildman–Crippen MR) is 520 cm³/mol. The lowest BCUT2D eigenvalue weighted by molar-refractivity contribution is -0.146. The number of aliphatic hydroxyl groups excluding tert-OH is 2. The van der Waals surface area contributed by atoms with E-state index in [4.69, 9.17) is 47.5 Å². The van der Waals surface area contributed by atoms with Crippen molar-refractivity contribution < 1.29 is 132 Å². The van der Waals surface area contributed by atoms with Crippen molar-refractivity contribution in [3.63, 3.8) is 0 Å². The summed E-state index contributed by atoms with van der Waals surface area (Å²) in [6.07, 6.45) is 0.431. The fraction of sp³-hybridized carbons (Fsp3) is 0.500. The number of alkyl halides is 5. The van der Waals surface area contributed by atoms with E-state index in [0.29, 0.717) is 89.1 Å². The summed E-state index contributed by atoms with van der Waals surface area (Å²) in [5, 5.41) is 51.4. The lowest BCUT2D eigenvalue weighted by atomic mass is 10.2. The Bertz CT molecular complexity index is 6070. The van der Waals surface area contributed by atoms with Gasteiger partial charge in [0.1, 0.15) is 123 Å². The number of aliphatic carboxylic acids is 2. The number of amides is 5. The highest BCUT2D eigenvalue weighted by Crippen LogP contribution is 2.37. The Balaban J connectivity index is 0.000000181. The van der Waals surface area contributed by atoms with Gasteiger partial charge < -0.3 is 72.5 Å². The van der Waals surface area contributed by atoms with Crippen LogP contribution in [0.4, 0.5) is 45.9 Å². The van der Waals surface area contributed by atoms with E-state index in [-0.39, 0.29) is 88.6 Å². The number of pyridine rings is 6. The van der Waals surface area contributed by atoms with Gasteiger partial charge in [-0.25, -0.2) is 80.1 Å². The number of methoxy groups -OCH3 is 2. The summed E-state index contributed by atoms with van der Waals surface area (Å²) in [4.78, 5) is 150. The molecule has 7 aliphatic rings. The van der Waals surface area contributed by atoms with Crippen LogP contribution in [0.5, 0.6) is 0 Å². The normalized spacial score (nSPS) is 21.8. The Hall–Kier alpha value is -15.3. The van der Waals surface area contributed by atoms with Gasteiger partial charge in [0.25, 0.3) is 0 Å². The molecule has 7 fully saturated rings. The number of likely N-dealkylation sites (tertiary alicyclic amines) is 6. The van der Waals surface area contributed by atoms with Crippen LogP contribution in [0.2, 0.25) is 0 Å². The molecule has 7 aliphatic heterocycles. The number of esters is 2. The third-order valence-corrected chi connectivity index (χ3v) is 21.7. The number of β-amino-alcohol motifs (C(OH)–C–C–N with tert-alkyl or cyclic N) is 2. The van der Waals surface area contributed by atoms with Gasteiger partial charge in [-0.15, -0.1) is 0 Å². The van der Waals surface area contributed by atoms with Gasteiger partial charge in [-0.2, -0.15) is 15.0 Å². The van der Waals surface area contributed by atoms with Gasteiger partial charge in [-0.05, 0) is 201 Å². The fourth-order valence-electron chi connectivity index (χ4n) is 15.1. The van der Waals surface area contributed by atoms with E-state index in [1.54, 1.807) is 165 Å². The van der Waals surface area contributed by atoms with E-state index in [1.807, 2.05) is 78.7 Å². The number of carboxylic acids is 2. The number of carboxylic acid groups (broad SMARTS) is 2. The van der Waals surface area contributed by atoms with E-state index in [9.17, 15) is 75.3 Å². The minimum Gasteiger partial charge on any atom is -0.480 e. The summed E-state index contributed by atoms with van der Waals surface area (Å²) >= 11 is 0. The molecule has 14 atom stereocenters. The van der Waals surface area contributed by atoms with E-state index in [2.05, 4.69) is 111 Å². The number of carbonyl (C=O) groups excluding carboxylic acids is 7. The average Bonchev–Trinajstić information content (AvgIpc) is 1.65. The maximum Gasteiger partial charge on any atom is 0.411 e. The molecule has 149 heavy (non-hydrogen) atoms. The van der Waals surface area contributed by atoms with Crippen LogP contribution in [0, 0.1) is 35.5 Å². The first-order chi connectivity index (χ1) is 70.1. The van der Waals surface area contributed by atoms with Crippen molar-refractivity contribution in [3.05, 3.63) is 180 Å². The van der Waals surface area contributed by atoms with E-state index >= 15 is 0 Å². The van der Waals surface area contributed by atoms with Gasteiger partial charge in [0.15, 0.2) is 0 Å². The number of nitrogens with one attached hydrogen (secondary N) is 1. The van der Waals surface area contributed by atoms with Gasteiger partial charge in [-0.1, -0.05) is 51.4 Å². The Morgan fingerprint density at radius 2 is 0.671 bits per heavy atom. The Labute approximate surface area is 856 Å². The molecule has 47 heteroatoms. The second kappa shape index (κ2) is 51.9. The monoisotopic (exact) mass is 2080 g/mol. The van der Waals surface area contributed by atoms with E-state index in [1.165, 1.54) is 24.0 Å². The van der Waals surface area contributed by atoms with Crippen LogP contribution in [0.1, 0.15) is 218 Å². The first-order valence-corrected chi connectivity index (χ1v) is 47.4. The minimum atomic E-state index is -1.30. The highest BCUT2D eigenvalue weighted by Gasteiger charge is 2.48. The maximum atomic E-state index is 14.1. The van der Waals surface area contributed by atoms with Crippen LogP contribution in [-0.4, -0.2) is 327 Å². The zero-order valence-electron chi connectivity index (χ0n) is 85.6. The summed E-state index contributed by atoms with van der Waals surface area (Å²) in [7, 11) is 4.31. The Morgan fingerprint density at radius 3 is 1.01 bits per heavy atom. The third-order valence-electron chi connectivity index (χ3n) is 21.7. The lowest BCUT2D eigenvalue weighted by Crippen LogP contribution is -2.43. The van der Waals surface area contributed by atoms with Gasteiger partial charge >= 0.3 is 54.3 Å². The highest BCUT2D eigenvalue weighted by atomic mass is 19.2. The number of aliphatic hydroxyl groups is 2. The van der Waals surface area contributed by atoms with E-state index in [0.717, 1.165) is 25.8 Å². The van der Waals surface area contributed by atoms with Gasteiger partial charge in [0, 0.05) is 112 Å². The number of rotatable bonds is 10. The summed E-state index contributed by atoms with van der Waals surface area (Å²) in [6, 6.07) is 22.5. The van der Waals surface area contributed by atoms with Crippen LogP contribution in [0.3, 0.4) is 0 Å². The topological polar surface area (TPSA) is 525 Å². The molecule has 9 aromatic rings. The second-order valence-corrected chi connectivity index (χ2v) is 39.9. The van der Waals surface area contributed by atoms with Crippen molar-refractivity contribution in [1.82, 2.24) is 95.0 Å². The minimum absolute atomic E-state index is 0.00583. The third kappa shape index (κ3) is 36.1. The molecule has 16 heterocycles. The lowest BCUT2D eigenvalue weighted by Gasteiger charge is -2.27. The summed E-state index contributed by atoms with van der Waals surface area (Å²) < 4.78 is 118. The number of ether oxygens (including phenoxy) is 7. The fourth-order valence-corrected chi connectivity index (χ4v) is 15.1. The summed E-state index contributed by atoms with van der Waals surface area (Å²) in [5.41, 5.74) is 2.54. The highest BCUT2D eigenvalue weighted by molar-refractivity contribution is 5.84. The number of halogens is 5. The molecule has 16 rings (SSSR count). The zero-order valence-corrected chi connectivity index (χ0v) is 85.6. The molecular weight excluding hydrogens is 1950 g/mol. The van der Waals surface area contributed by atoms with Crippen LogP contribution in [0.15, 0.2) is 142 Å².